The molecule has 1 heterocycles. The van der Waals surface area contributed by atoms with Gasteiger partial charge in [-0.1, -0.05) is 12.1 Å². The van der Waals surface area contributed by atoms with Crippen LogP contribution in [0.5, 0.6) is 0 Å². The summed E-state index contributed by atoms with van der Waals surface area (Å²) >= 11 is 2.37. The third-order valence-electron chi connectivity index (χ3n) is 4.02. The normalized spacial score (nSPS) is 25.9. The van der Waals surface area contributed by atoms with Gasteiger partial charge in [0.05, 0.1) is 0 Å². The van der Waals surface area contributed by atoms with Gasteiger partial charge in [-0.25, -0.2) is 0 Å². The van der Waals surface area contributed by atoms with Crippen LogP contribution in [0.2, 0.25) is 0 Å². The molecule has 0 amide bonds. The minimum absolute atomic E-state index is 0.747. The van der Waals surface area contributed by atoms with E-state index in [9.17, 15) is 0 Å². The summed E-state index contributed by atoms with van der Waals surface area (Å²) in [6.07, 6.45) is 4.16. The molecule has 3 rings (SSSR count). The van der Waals surface area contributed by atoms with E-state index >= 15 is 0 Å². The Balaban J connectivity index is 1.61. The molecule has 18 heavy (non-hydrogen) atoms. The lowest BCUT2D eigenvalue weighted by atomic mass is 10.1. The van der Waals surface area contributed by atoms with Crippen molar-refractivity contribution in [3.05, 3.63) is 33.4 Å². The fourth-order valence-electron chi connectivity index (χ4n) is 2.83. The third kappa shape index (κ3) is 3.45. The van der Waals surface area contributed by atoms with E-state index in [0.717, 1.165) is 18.5 Å². The molecular formula is C15H21IN2. The molecule has 2 aliphatic rings. The molecule has 0 aromatic heterocycles. The topological polar surface area (TPSA) is 15.3 Å². The lowest BCUT2D eigenvalue weighted by molar-refractivity contribution is 0.251. The standard InChI is InChI=1S/C15H21IN2/c16-14-6-2-12(3-7-14)10-18-9-1-8-17-15(11-18)13-4-5-13/h2-3,6-7,13,15,17H,1,4-5,8-11H2. The maximum atomic E-state index is 3.73. The molecule has 98 valence electrons. The highest BCUT2D eigenvalue weighted by molar-refractivity contribution is 14.1. The van der Waals surface area contributed by atoms with Gasteiger partial charge < -0.3 is 5.32 Å². The van der Waals surface area contributed by atoms with Gasteiger partial charge in [-0.05, 0) is 78.6 Å². The van der Waals surface area contributed by atoms with Crippen molar-refractivity contribution in [2.24, 2.45) is 5.92 Å². The first kappa shape index (κ1) is 12.9. The van der Waals surface area contributed by atoms with E-state index < -0.39 is 0 Å². The van der Waals surface area contributed by atoms with Crippen molar-refractivity contribution in [3.8, 4) is 0 Å². The molecule has 2 nitrogen and oxygen atoms in total. The van der Waals surface area contributed by atoms with E-state index in [1.54, 1.807) is 0 Å². The Morgan fingerprint density at radius 3 is 2.72 bits per heavy atom. The van der Waals surface area contributed by atoms with E-state index in [1.165, 1.54) is 48.0 Å². The largest absolute Gasteiger partial charge is 0.312 e. The summed E-state index contributed by atoms with van der Waals surface area (Å²) in [7, 11) is 0. The molecule has 1 aromatic rings. The van der Waals surface area contributed by atoms with Gasteiger partial charge in [-0.15, -0.1) is 0 Å². The second-order valence-electron chi connectivity index (χ2n) is 5.61. The van der Waals surface area contributed by atoms with E-state index in [4.69, 9.17) is 0 Å². The number of nitrogens with one attached hydrogen (secondary N) is 1. The minimum atomic E-state index is 0.747. The summed E-state index contributed by atoms with van der Waals surface area (Å²) in [6.45, 7) is 4.78. The maximum absolute atomic E-state index is 3.73. The predicted octanol–water partition coefficient (Wildman–Crippen LogP) is 2.87. The quantitative estimate of drug-likeness (QED) is 0.838. The molecule has 1 unspecified atom stereocenters. The zero-order valence-electron chi connectivity index (χ0n) is 10.7. The summed E-state index contributed by atoms with van der Waals surface area (Å²) in [4.78, 5) is 2.63. The average molecular weight is 356 g/mol. The molecule has 2 fully saturated rings. The van der Waals surface area contributed by atoms with Crippen molar-refractivity contribution >= 4 is 22.6 Å². The van der Waals surface area contributed by atoms with Crippen molar-refractivity contribution in [3.63, 3.8) is 0 Å². The lowest BCUT2D eigenvalue weighted by Gasteiger charge is -2.24. The summed E-state index contributed by atoms with van der Waals surface area (Å²) in [5.74, 6) is 0.960. The Kier molecular flexibility index (Phi) is 4.21. The highest BCUT2D eigenvalue weighted by atomic mass is 127. The van der Waals surface area contributed by atoms with Gasteiger partial charge in [0, 0.05) is 22.7 Å². The second kappa shape index (κ2) is 5.88. The smallest absolute Gasteiger partial charge is 0.0234 e. The van der Waals surface area contributed by atoms with E-state index in [-0.39, 0.29) is 0 Å². The first-order chi connectivity index (χ1) is 8.81. The van der Waals surface area contributed by atoms with Crippen molar-refractivity contribution in [2.45, 2.75) is 31.8 Å². The fraction of sp³-hybridized carbons (Fsp3) is 0.600. The second-order valence-corrected chi connectivity index (χ2v) is 6.86. The minimum Gasteiger partial charge on any atom is -0.312 e. The van der Waals surface area contributed by atoms with E-state index in [0.29, 0.717) is 0 Å². The van der Waals surface area contributed by atoms with Crippen LogP contribution in [0.25, 0.3) is 0 Å². The molecule has 0 bridgehead atoms. The SMILES string of the molecule is Ic1ccc(CN2CCCNC(C3CC3)C2)cc1. The van der Waals surface area contributed by atoms with Crippen molar-refractivity contribution in [2.75, 3.05) is 19.6 Å². The molecule has 0 spiro atoms. The number of halogens is 1. The highest BCUT2D eigenvalue weighted by Crippen LogP contribution is 2.33. The molecule has 1 saturated carbocycles. The zero-order chi connectivity index (χ0) is 12.4. The Morgan fingerprint density at radius 2 is 2.00 bits per heavy atom. The van der Waals surface area contributed by atoms with Gasteiger partial charge >= 0.3 is 0 Å². The summed E-state index contributed by atoms with van der Waals surface area (Å²) in [5, 5.41) is 3.73. The van der Waals surface area contributed by atoms with Crippen molar-refractivity contribution in [1.29, 1.82) is 0 Å². The predicted molar refractivity (Wildman–Crippen MR) is 83.6 cm³/mol. The van der Waals surface area contributed by atoms with Gasteiger partial charge in [-0.2, -0.15) is 0 Å². The number of benzene rings is 1. The zero-order valence-corrected chi connectivity index (χ0v) is 12.9. The van der Waals surface area contributed by atoms with Gasteiger partial charge in [-0.3, -0.25) is 4.90 Å². The molecule has 1 aromatic carbocycles. The third-order valence-corrected chi connectivity index (χ3v) is 4.74. The van der Waals surface area contributed by atoms with Crippen LogP contribution in [-0.2, 0) is 6.54 Å². The van der Waals surface area contributed by atoms with Crippen LogP contribution in [0.1, 0.15) is 24.8 Å². The molecular weight excluding hydrogens is 335 g/mol. The summed E-state index contributed by atoms with van der Waals surface area (Å²) < 4.78 is 1.32. The fourth-order valence-corrected chi connectivity index (χ4v) is 3.19. The van der Waals surface area contributed by atoms with Gasteiger partial charge in [0.25, 0.3) is 0 Å². The van der Waals surface area contributed by atoms with Crippen LogP contribution in [0.4, 0.5) is 0 Å². The molecule has 0 radical (unpaired) electrons. The Bertz CT molecular complexity index is 386. The Labute approximate surface area is 123 Å². The maximum Gasteiger partial charge on any atom is 0.0234 e. The summed E-state index contributed by atoms with van der Waals surface area (Å²) in [6, 6.07) is 9.71. The highest BCUT2D eigenvalue weighted by Gasteiger charge is 2.32. The van der Waals surface area contributed by atoms with Crippen LogP contribution in [0, 0.1) is 9.49 Å². The number of rotatable bonds is 3. The number of nitrogens with zero attached hydrogens (tertiary/aromatic N) is 1. The van der Waals surface area contributed by atoms with Crippen molar-refractivity contribution in [1.82, 2.24) is 10.2 Å². The van der Waals surface area contributed by atoms with E-state index in [1.807, 2.05) is 0 Å². The average Bonchev–Trinajstić information content (AvgIpc) is 3.18. The molecule has 1 N–H and O–H groups in total. The molecule has 1 atom stereocenters. The molecule has 3 heteroatoms. The molecule has 1 saturated heterocycles. The van der Waals surface area contributed by atoms with Crippen molar-refractivity contribution < 1.29 is 0 Å². The first-order valence-corrected chi connectivity index (χ1v) is 8.09. The Hall–Kier alpha value is -0.130. The van der Waals surface area contributed by atoms with Crippen LogP contribution < -0.4 is 5.32 Å². The van der Waals surface area contributed by atoms with Crippen LogP contribution in [0.3, 0.4) is 0 Å². The van der Waals surface area contributed by atoms with Crippen LogP contribution in [-0.4, -0.2) is 30.6 Å². The van der Waals surface area contributed by atoms with Gasteiger partial charge in [0.15, 0.2) is 0 Å². The molecule has 1 aliphatic carbocycles. The van der Waals surface area contributed by atoms with Gasteiger partial charge in [0.2, 0.25) is 0 Å². The number of hydrogen-bond donors (Lipinski definition) is 1. The monoisotopic (exact) mass is 356 g/mol. The van der Waals surface area contributed by atoms with Gasteiger partial charge in [0.1, 0.15) is 0 Å². The Morgan fingerprint density at radius 1 is 1.22 bits per heavy atom. The van der Waals surface area contributed by atoms with Crippen LogP contribution >= 0.6 is 22.6 Å². The summed E-state index contributed by atoms with van der Waals surface area (Å²) in [5.41, 5.74) is 1.45. The first-order valence-electron chi connectivity index (χ1n) is 7.01. The van der Waals surface area contributed by atoms with E-state index in [2.05, 4.69) is 57.1 Å². The van der Waals surface area contributed by atoms with Crippen LogP contribution in [0.15, 0.2) is 24.3 Å². The lowest BCUT2D eigenvalue weighted by Crippen LogP contribution is -2.38. The molecule has 1 aliphatic heterocycles. The number of hydrogen-bond acceptors (Lipinski definition) is 2.